The molecule has 0 rings (SSSR count). The van der Waals surface area contributed by atoms with E-state index < -0.39 is 4.20 Å². The van der Waals surface area contributed by atoms with Gasteiger partial charge >= 0.3 is 0 Å². The Morgan fingerprint density at radius 1 is 1.62 bits per heavy atom. The topological polar surface area (TPSA) is 36.2 Å². The van der Waals surface area contributed by atoms with Crippen molar-refractivity contribution < 1.29 is 0 Å². The van der Waals surface area contributed by atoms with Gasteiger partial charge in [-0.3, -0.25) is 0 Å². The predicted molar refractivity (Wildman–Crippen MR) is 40.8 cm³/mol. The van der Waals surface area contributed by atoms with Crippen molar-refractivity contribution in [1.82, 2.24) is 0 Å². The second-order valence-electron chi connectivity index (χ2n) is 1.64. The van der Waals surface area contributed by atoms with Gasteiger partial charge in [0.15, 0.2) is 4.20 Å². The van der Waals surface area contributed by atoms with Gasteiger partial charge in [-0.25, -0.2) is 5.53 Å². The van der Waals surface area contributed by atoms with Gasteiger partial charge in [-0.1, -0.05) is 13.3 Å². The molecule has 0 aliphatic rings. The van der Waals surface area contributed by atoms with Crippen LogP contribution in [0.3, 0.4) is 0 Å². The van der Waals surface area contributed by atoms with E-state index in [1.807, 2.05) is 6.92 Å². The van der Waals surface area contributed by atoms with Gasteiger partial charge in [0.1, 0.15) is 0 Å². The summed E-state index contributed by atoms with van der Waals surface area (Å²) in [6, 6.07) is 0. The molecule has 0 atom stereocenters. The minimum Gasteiger partial charge on any atom is -0.208 e. The molecule has 1 N–H and O–H groups in total. The third-order valence-corrected chi connectivity index (χ3v) is 1.41. The van der Waals surface area contributed by atoms with Gasteiger partial charge in [0.2, 0.25) is 0 Å². The fourth-order valence-electron chi connectivity index (χ4n) is 0.391. The quantitative estimate of drug-likeness (QED) is 0.314. The van der Waals surface area contributed by atoms with Gasteiger partial charge in [0.25, 0.3) is 0 Å². The summed E-state index contributed by atoms with van der Waals surface area (Å²) in [5.74, 6) is 0. The lowest BCUT2D eigenvalue weighted by Crippen LogP contribution is -2.06. The van der Waals surface area contributed by atoms with Crippen LogP contribution in [0.15, 0.2) is 5.11 Å². The second-order valence-corrected chi connectivity index (χ2v) is 3.47. The first-order valence-corrected chi connectivity index (χ1v) is 3.35. The molecule has 0 saturated heterocycles. The number of hydrogen-bond donors (Lipinski definition) is 3. The van der Waals surface area contributed by atoms with Crippen molar-refractivity contribution in [3.63, 3.8) is 0 Å². The third kappa shape index (κ3) is 3.32. The summed E-state index contributed by atoms with van der Waals surface area (Å²) in [4.78, 5) is 0. The molecule has 0 saturated carbocycles. The van der Waals surface area contributed by atoms with Crippen LogP contribution < -0.4 is 0 Å². The van der Waals surface area contributed by atoms with Gasteiger partial charge < -0.3 is 0 Å². The first-order chi connectivity index (χ1) is 3.62. The van der Waals surface area contributed by atoms with E-state index >= 15 is 0 Å². The van der Waals surface area contributed by atoms with Crippen LogP contribution in [0.1, 0.15) is 19.8 Å². The molecule has 0 amide bonds. The van der Waals surface area contributed by atoms with Crippen LogP contribution >= 0.6 is 25.3 Å². The fraction of sp³-hybridized carbons (Fsp3) is 1.00. The monoisotopic (exact) mass is 150 g/mol. The summed E-state index contributed by atoms with van der Waals surface area (Å²) in [7, 11) is 0. The SMILES string of the molecule is CCCC(S)(S)N=N. The molecule has 0 unspecified atom stereocenters. The standard InChI is InChI=1S/C4H10N2S2/c1-2-3-4(7,8)6-5/h5,7-8H,2-3H2,1H3. The van der Waals surface area contributed by atoms with Gasteiger partial charge in [0, 0.05) is 0 Å². The molecule has 48 valence electrons. The lowest BCUT2D eigenvalue weighted by atomic mass is 10.3. The van der Waals surface area contributed by atoms with E-state index in [2.05, 4.69) is 30.4 Å². The molecule has 0 heterocycles. The van der Waals surface area contributed by atoms with E-state index in [4.69, 9.17) is 5.53 Å². The van der Waals surface area contributed by atoms with Crippen molar-refractivity contribution in [2.24, 2.45) is 5.11 Å². The highest BCUT2D eigenvalue weighted by atomic mass is 32.2. The van der Waals surface area contributed by atoms with Gasteiger partial charge in [-0.05, 0) is 6.42 Å². The average Bonchev–Trinajstić information content (AvgIpc) is 1.67. The smallest absolute Gasteiger partial charge is 0.166 e. The molecule has 2 nitrogen and oxygen atoms in total. The number of nitrogens with zero attached hydrogens (tertiary/aromatic N) is 1. The zero-order chi connectivity index (χ0) is 6.62. The van der Waals surface area contributed by atoms with Gasteiger partial charge in [0.05, 0.1) is 0 Å². The maximum Gasteiger partial charge on any atom is 0.166 e. The van der Waals surface area contributed by atoms with Crippen molar-refractivity contribution in [3.8, 4) is 0 Å². The van der Waals surface area contributed by atoms with Crippen LogP contribution in [0.25, 0.3) is 0 Å². The maximum absolute atomic E-state index is 6.58. The molecule has 0 aromatic rings. The van der Waals surface area contributed by atoms with Gasteiger partial charge in [-0.2, -0.15) is 5.11 Å². The largest absolute Gasteiger partial charge is 0.208 e. The highest BCUT2D eigenvalue weighted by Crippen LogP contribution is 2.26. The lowest BCUT2D eigenvalue weighted by molar-refractivity contribution is 0.686. The molecule has 0 fully saturated rings. The Bertz CT molecular complexity index is 82.1. The number of hydrogen-bond acceptors (Lipinski definition) is 4. The van der Waals surface area contributed by atoms with Crippen LogP contribution in [0, 0.1) is 5.53 Å². The van der Waals surface area contributed by atoms with Crippen molar-refractivity contribution in [3.05, 3.63) is 0 Å². The molecular formula is C4H10N2S2. The predicted octanol–water partition coefficient (Wildman–Crippen LogP) is 2.33. The minimum atomic E-state index is -0.727. The normalized spacial score (nSPS) is 11.4. The Morgan fingerprint density at radius 3 is 2.25 bits per heavy atom. The number of nitrogens with one attached hydrogen (secondary N) is 1. The van der Waals surface area contributed by atoms with Crippen molar-refractivity contribution >= 4 is 25.3 Å². The summed E-state index contributed by atoms with van der Waals surface area (Å²) >= 11 is 7.95. The Kier molecular flexibility index (Phi) is 3.48. The Balaban J connectivity index is 3.53. The first kappa shape index (κ1) is 8.30. The summed E-state index contributed by atoms with van der Waals surface area (Å²) in [6.45, 7) is 2.01. The summed E-state index contributed by atoms with van der Waals surface area (Å²) in [5, 5.41) is 3.19. The Hall–Kier alpha value is 0.300. The molecule has 0 aromatic heterocycles. The van der Waals surface area contributed by atoms with Gasteiger partial charge in [-0.15, -0.1) is 25.3 Å². The average molecular weight is 150 g/mol. The van der Waals surface area contributed by atoms with Crippen molar-refractivity contribution in [2.45, 2.75) is 24.0 Å². The van der Waals surface area contributed by atoms with E-state index in [0.717, 1.165) is 12.8 Å². The van der Waals surface area contributed by atoms with Crippen LogP contribution in [-0.4, -0.2) is 4.20 Å². The lowest BCUT2D eigenvalue weighted by Gasteiger charge is -2.11. The maximum atomic E-state index is 6.58. The van der Waals surface area contributed by atoms with E-state index in [0.29, 0.717) is 0 Å². The molecule has 0 aliphatic heterocycles. The number of rotatable bonds is 3. The van der Waals surface area contributed by atoms with Crippen LogP contribution in [0.4, 0.5) is 0 Å². The van der Waals surface area contributed by atoms with E-state index in [9.17, 15) is 0 Å². The molecular weight excluding hydrogens is 140 g/mol. The van der Waals surface area contributed by atoms with E-state index in [1.54, 1.807) is 0 Å². The second kappa shape index (κ2) is 3.35. The first-order valence-electron chi connectivity index (χ1n) is 2.46. The zero-order valence-electron chi connectivity index (χ0n) is 4.76. The number of thiol groups is 2. The summed E-state index contributed by atoms with van der Waals surface area (Å²) in [6.07, 6.45) is 1.69. The Labute approximate surface area is 60.4 Å². The Morgan fingerprint density at radius 2 is 2.12 bits per heavy atom. The molecule has 0 aromatic carbocycles. The van der Waals surface area contributed by atoms with Crippen molar-refractivity contribution in [2.75, 3.05) is 0 Å². The van der Waals surface area contributed by atoms with Crippen molar-refractivity contribution in [1.29, 1.82) is 5.53 Å². The summed E-state index contributed by atoms with van der Waals surface area (Å²) in [5.41, 5.74) is 6.58. The van der Waals surface area contributed by atoms with Crippen LogP contribution in [0.2, 0.25) is 0 Å². The van der Waals surface area contributed by atoms with E-state index in [-0.39, 0.29) is 0 Å². The molecule has 8 heavy (non-hydrogen) atoms. The molecule has 0 radical (unpaired) electrons. The van der Waals surface area contributed by atoms with Crippen LogP contribution in [-0.2, 0) is 0 Å². The molecule has 0 spiro atoms. The van der Waals surface area contributed by atoms with Crippen LogP contribution in [0.5, 0.6) is 0 Å². The fourth-order valence-corrected chi connectivity index (χ4v) is 0.839. The molecule has 4 heteroatoms. The minimum absolute atomic E-state index is 0.727. The molecule has 0 bridgehead atoms. The highest BCUT2D eigenvalue weighted by molar-refractivity contribution is 8.00. The molecule has 0 aliphatic carbocycles. The zero-order valence-corrected chi connectivity index (χ0v) is 6.54. The highest BCUT2D eigenvalue weighted by Gasteiger charge is 2.15. The third-order valence-electron chi connectivity index (χ3n) is 0.764. The summed E-state index contributed by atoms with van der Waals surface area (Å²) < 4.78 is -0.727. The van der Waals surface area contributed by atoms with E-state index in [1.165, 1.54) is 0 Å².